The van der Waals surface area contributed by atoms with Crippen LogP contribution in [-0.2, 0) is 17.8 Å². The van der Waals surface area contributed by atoms with Gasteiger partial charge in [-0.15, -0.1) is 0 Å². The van der Waals surface area contributed by atoms with Crippen molar-refractivity contribution in [2.45, 2.75) is 26.3 Å². The summed E-state index contributed by atoms with van der Waals surface area (Å²) in [4.78, 5) is 29.2. The number of amides is 2. The van der Waals surface area contributed by atoms with Crippen molar-refractivity contribution >= 4 is 28.4 Å². The summed E-state index contributed by atoms with van der Waals surface area (Å²) >= 11 is 0. The molecule has 0 aliphatic rings. The molecule has 2 N–H and O–H groups in total. The molecule has 0 aliphatic heterocycles. The first kappa shape index (κ1) is 22.2. The lowest BCUT2D eigenvalue weighted by molar-refractivity contribution is -0.115. The van der Waals surface area contributed by atoms with Crippen LogP contribution >= 0.6 is 0 Å². The molecule has 2 aromatic heterocycles. The Morgan fingerprint density at radius 2 is 1.91 bits per heavy atom. The van der Waals surface area contributed by atoms with E-state index in [1.54, 1.807) is 31.3 Å². The Morgan fingerprint density at radius 3 is 2.67 bits per heavy atom. The molecule has 0 unspecified atom stereocenters. The normalized spacial score (nSPS) is 10.8. The smallest absolute Gasteiger partial charge is 0.267 e. The zero-order valence-electron chi connectivity index (χ0n) is 18.3. The van der Waals surface area contributed by atoms with Crippen molar-refractivity contribution in [1.29, 1.82) is 0 Å². The molecule has 168 valence electrons. The van der Waals surface area contributed by atoms with Gasteiger partial charge in [0.05, 0.1) is 0 Å². The van der Waals surface area contributed by atoms with Crippen molar-refractivity contribution in [1.82, 2.24) is 14.9 Å². The minimum Gasteiger partial charge on any atom is -0.350 e. The van der Waals surface area contributed by atoms with Crippen LogP contribution in [0.15, 0.2) is 72.9 Å². The van der Waals surface area contributed by atoms with Gasteiger partial charge in [0.2, 0.25) is 5.91 Å². The largest absolute Gasteiger partial charge is 0.350 e. The van der Waals surface area contributed by atoms with Gasteiger partial charge in [-0.3, -0.25) is 14.6 Å². The molecule has 7 heteroatoms. The van der Waals surface area contributed by atoms with Crippen molar-refractivity contribution in [3.63, 3.8) is 0 Å². The molecule has 0 spiro atoms. The van der Waals surface area contributed by atoms with E-state index in [0.717, 1.165) is 22.2 Å². The van der Waals surface area contributed by atoms with E-state index in [2.05, 4.69) is 15.6 Å². The fourth-order valence-electron chi connectivity index (χ4n) is 3.72. The van der Waals surface area contributed by atoms with Gasteiger partial charge in [-0.1, -0.05) is 25.1 Å². The molecule has 0 atom stereocenters. The molecule has 4 rings (SSSR count). The van der Waals surface area contributed by atoms with Crippen LogP contribution in [0.4, 0.5) is 10.1 Å². The predicted octanol–water partition coefficient (Wildman–Crippen LogP) is 4.54. The van der Waals surface area contributed by atoms with Gasteiger partial charge >= 0.3 is 0 Å². The molecule has 0 bridgehead atoms. The third-order valence-corrected chi connectivity index (χ3v) is 5.36. The summed E-state index contributed by atoms with van der Waals surface area (Å²) in [7, 11) is 0. The number of hydrogen-bond acceptors (Lipinski definition) is 3. The molecule has 6 nitrogen and oxygen atoms in total. The number of anilines is 1. The van der Waals surface area contributed by atoms with Gasteiger partial charge in [-0.2, -0.15) is 0 Å². The van der Waals surface area contributed by atoms with Crippen molar-refractivity contribution in [2.75, 3.05) is 11.9 Å². The van der Waals surface area contributed by atoms with E-state index in [0.29, 0.717) is 37.3 Å². The van der Waals surface area contributed by atoms with Crippen LogP contribution in [-0.4, -0.2) is 27.9 Å². The van der Waals surface area contributed by atoms with E-state index in [9.17, 15) is 14.0 Å². The monoisotopic (exact) mass is 444 g/mol. The number of nitrogens with zero attached hydrogens (tertiary/aromatic N) is 2. The highest BCUT2D eigenvalue weighted by molar-refractivity contribution is 6.00. The van der Waals surface area contributed by atoms with Crippen LogP contribution in [0, 0.1) is 5.82 Å². The Morgan fingerprint density at radius 1 is 1.03 bits per heavy atom. The second kappa shape index (κ2) is 10.1. The molecular formula is C26H25FN4O2. The van der Waals surface area contributed by atoms with Gasteiger partial charge < -0.3 is 15.2 Å². The fraction of sp³-hybridized carbons (Fsp3) is 0.192. The first-order chi connectivity index (χ1) is 16.0. The van der Waals surface area contributed by atoms with Gasteiger partial charge in [0.1, 0.15) is 11.5 Å². The number of hydrogen-bond donors (Lipinski definition) is 2. The standard InChI is InChI=1S/C26H25FN4O2/c1-2-25(32)30-22-9-10-23-19(15-22)16-24(31(23)17-18-6-5-7-20(27)14-18)26(33)29-13-11-21-8-3-4-12-28-21/h3-10,12,14-16H,2,11,13,17H2,1H3,(H,29,33)(H,30,32). The molecule has 33 heavy (non-hydrogen) atoms. The topological polar surface area (TPSA) is 76.0 Å². The fourth-order valence-corrected chi connectivity index (χ4v) is 3.72. The molecule has 0 saturated carbocycles. The van der Waals surface area contributed by atoms with Crippen LogP contribution in [0.1, 0.15) is 35.1 Å². The summed E-state index contributed by atoms with van der Waals surface area (Å²) in [5.74, 6) is -0.631. The zero-order valence-corrected chi connectivity index (χ0v) is 18.3. The maximum absolute atomic E-state index is 13.8. The molecule has 2 heterocycles. The van der Waals surface area contributed by atoms with Gasteiger partial charge in [-0.05, 0) is 54.1 Å². The molecule has 0 radical (unpaired) electrons. The molecule has 4 aromatic rings. The van der Waals surface area contributed by atoms with E-state index in [1.807, 2.05) is 41.0 Å². The highest BCUT2D eigenvalue weighted by Crippen LogP contribution is 2.25. The van der Waals surface area contributed by atoms with Gasteiger partial charge in [0.25, 0.3) is 5.91 Å². The Kier molecular flexibility index (Phi) is 6.78. The van der Waals surface area contributed by atoms with Crippen molar-refractivity contribution in [3.05, 3.63) is 95.7 Å². The first-order valence-corrected chi connectivity index (χ1v) is 10.9. The number of fused-ring (bicyclic) bond motifs is 1. The zero-order chi connectivity index (χ0) is 23.2. The molecular weight excluding hydrogens is 419 g/mol. The van der Waals surface area contributed by atoms with Crippen molar-refractivity contribution in [3.8, 4) is 0 Å². The van der Waals surface area contributed by atoms with Crippen molar-refractivity contribution < 1.29 is 14.0 Å². The Bertz CT molecular complexity index is 1280. The lowest BCUT2D eigenvalue weighted by atomic mass is 10.2. The number of nitrogens with one attached hydrogen (secondary N) is 2. The van der Waals surface area contributed by atoms with Crippen LogP contribution in [0.3, 0.4) is 0 Å². The number of rotatable bonds is 8. The van der Waals surface area contributed by atoms with Gasteiger partial charge in [-0.25, -0.2) is 4.39 Å². The second-order valence-electron chi connectivity index (χ2n) is 7.75. The lowest BCUT2D eigenvalue weighted by Gasteiger charge is -2.12. The third kappa shape index (κ3) is 5.44. The number of aromatic nitrogens is 2. The molecule has 0 aliphatic carbocycles. The summed E-state index contributed by atoms with van der Waals surface area (Å²) in [5, 5.41) is 6.62. The predicted molar refractivity (Wildman–Crippen MR) is 127 cm³/mol. The van der Waals surface area contributed by atoms with Crippen LogP contribution in [0.25, 0.3) is 10.9 Å². The number of carbonyl (C=O) groups is 2. The number of pyridine rings is 1. The lowest BCUT2D eigenvalue weighted by Crippen LogP contribution is -2.28. The first-order valence-electron chi connectivity index (χ1n) is 10.9. The Balaban J connectivity index is 1.63. The maximum atomic E-state index is 13.8. The Hall–Kier alpha value is -4.00. The summed E-state index contributed by atoms with van der Waals surface area (Å²) in [6, 6.07) is 19.3. The SMILES string of the molecule is CCC(=O)Nc1ccc2c(c1)cc(C(=O)NCCc1ccccn1)n2Cc1cccc(F)c1. The van der Waals surface area contributed by atoms with Crippen molar-refractivity contribution in [2.24, 2.45) is 0 Å². The number of benzene rings is 2. The van der Waals surface area contributed by atoms with E-state index in [4.69, 9.17) is 0 Å². The highest BCUT2D eigenvalue weighted by atomic mass is 19.1. The van der Waals surface area contributed by atoms with Crippen LogP contribution in [0.2, 0.25) is 0 Å². The summed E-state index contributed by atoms with van der Waals surface area (Å²) in [5.41, 5.74) is 3.60. The van der Waals surface area contributed by atoms with Gasteiger partial charge in [0, 0.05) is 54.4 Å². The second-order valence-corrected chi connectivity index (χ2v) is 7.75. The third-order valence-electron chi connectivity index (χ3n) is 5.36. The van der Waals surface area contributed by atoms with E-state index in [1.165, 1.54) is 12.1 Å². The number of halogens is 1. The quantitative estimate of drug-likeness (QED) is 0.419. The molecule has 2 amide bonds. The average Bonchev–Trinajstić information content (AvgIpc) is 3.17. The summed E-state index contributed by atoms with van der Waals surface area (Å²) in [6.45, 7) is 2.57. The van der Waals surface area contributed by atoms with E-state index < -0.39 is 0 Å². The highest BCUT2D eigenvalue weighted by Gasteiger charge is 2.17. The minimum atomic E-state index is -0.324. The summed E-state index contributed by atoms with van der Waals surface area (Å²) < 4.78 is 15.6. The Labute approximate surface area is 191 Å². The average molecular weight is 445 g/mol. The van der Waals surface area contributed by atoms with E-state index >= 15 is 0 Å². The molecule has 2 aromatic carbocycles. The minimum absolute atomic E-state index is 0.0824. The van der Waals surface area contributed by atoms with Crippen LogP contribution < -0.4 is 10.6 Å². The summed E-state index contributed by atoms with van der Waals surface area (Å²) in [6.07, 6.45) is 2.72. The molecule has 0 fully saturated rings. The number of carbonyl (C=O) groups excluding carboxylic acids is 2. The van der Waals surface area contributed by atoms with E-state index in [-0.39, 0.29) is 17.6 Å². The molecule has 0 saturated heterocycles. The van der Waals surface area contributed by atoms with Crippen LogP contribution in [0.5, 0.6) is 0 Å². The van der Waals surface area contributed by atoms with Gasteiger partial charge in [0.15, 0.2) is 0 Å². The maximum Gasteiger partial charge on any atom is 0.267 e.